The minimum Gasteiger partial charge on any atom is -0.219 e. The van der Waals surface area contributed by atoms with Crippen LogP contribution in [-0.2, 0) is 5.88 Å². The van der Waals surface area contributed by atoms with Crippen LogP contribution in [0.25, 0.3) is 0 Å². The van der Waals surface area contributed by atoms with Crippen LogP contribution in [-0.4, -0.2) is 26.1 Å². The molecule has 0 saturated heterocycles. The van der Waals surface area contributed by atoms with Crippen LogP contribution in [0.5, 0.6) is 0 Å². The molecule has 0 spiro atoms. The van der Waals surface area contributed by atoms with Crippen molar-refractivity contribution in [2.45, 2.75) is 37.1 Å². The van der Waals surface area contributed by atoms with E-state index in [0.29, 0.717) is 18.7 Å². The molecule has 1 aliphatic carbocycles. The van der Waals surface area contributed by atoms with E-state index in [-0.39, 0.29) is 12.3 Å². The molecule has 7 heteroatoms. The van der Waals surface area contributed by atoms with Gasteiger partial charge in [-0.3, -0.25) is 0 Å². The maximum atomic E-state index is 13.3. The van der Waals surface area contributed by atoms with E-state index in [1.54, 1.807) is 0 Å². The highest BCUT2D eigenvalue weighted by atomic mass is 35.5. The van der Waals surface area contributed by atoms with Gasteiger partial charge in [-0.1, -0.05) is 0 Å². The Morgan fingerprint density at radius 2 is 2.36 bits per heavy atom. The monoisotopic (exact) mass is 222 g/mol. The Labute approximate surface area is 84.2 Å². The number of nitrogens with zero attached hydrogens (tertiary/aromatic N) is 4. The summed E-state index contributed by atoms with van der Waals surface area (Å²) >= 11 is 5.54. The van der Waals surface area contributed by atoms with Crippen LogP contribution in [0.2, 0.25) is 0 Å². The summed E-state index contributed by atoms with van der Waals surface area (Å²) in [6.45, 7) is 0. The van der Waals surface area contributed by atoms with E-state index >= 15 is 0 Å². The van der Waals surface area contributed by atoms with E-state index in [9.17, 15) is 8.78 Å². The molecule has 1 unspecified atom stereocenters. The van der Waals surface area contributed by atoms with Crippen molar-refractivity contribution in [2.24, 2.45) is 0 Å². The van der Waals surface area contributed by atoms with Gasteiger partial charge in [0.15, 0.2) is 5.82 Å². The molecule has 1 heterocycles. The number of alkyl halides is 3. The van der Waals surface area contributed by atoms with E-state index in [2.05, 4.69) is 15.5 Å². The molecule has 0 radical (unpaired) electrons. The van der Waals surface area contributed by atoms with E-state index in [0.717, 1.165) is 4.68 Å². The van der Waals surface area contributed by atoms with Crippen LogP contribution in [0, 0.1) is 0 Å². The predicted molar refractivity (Wildman–Crippen MR) is 45.2 cm³/mol. The molecule has 1 atom stereocenters. The van der Waals surface area contributed by atoms with Crippen molar-refractivity contribution in [3.8, 4) is 0 Å². The van der Waals surface area contributed by atoms with E-state index in [4.69, 9.17) is 11.6 Å². The van der Waals surface area contributed by atoms with E-state index in [1.165, 1.54) is 0 Å². The summed E-state index contributed by atoms with van der Waals surface area (Å²) < 4.78 is 27.8. The molecule has 1 fully saturated rings. The van der Waals surface area contributed by atoms with Crippen molar-refractivity contribution < 1.29 is 8.78 Å². The molecular formula is C7H9ClF2N4. The first-order valence-corrected chi connectivity index (χ1v) is 4.89. The average Bonchev–Trinajstić information content (AvgIpc) is 2.69. The van der Waals surface area contributed by atoms with Crippen LogP contribution >= 0.6 is 11.6 Å². The molecule has 14 heavy (non-hydrogen) atoms. The van der Waals surface area contributed by atoms with Crippen LogP contribution in [0.15, 0.2) is 0 Å². The van der Waals surface area contributed by atoms with Gasteiger partial charge in [0.25, 0.3) is 5.92 Å². The van der Waals surface area contributed by atoms with Crippen molar-refractivity contribution in [1.29, 1.82) is 0 Å². The highest BCUT2D eigenvalue weighted by Gasteiger charge is 2.46. The van der Waals surface area contributed by atoms with Crippen molar-refractivity contribution in [1.82, 2.24) is 20.2 Å². The fourth-order valence-electron chi connectivity index (χ4n) is 1.75. The minimum atomic E-state index is -2.71. The Kier molecular flexibility index (Phi) is 2.38. The first-order valence-electron chi connectivity index (χ1n) is 4.35. The van der Waals surface area contributed by atoms with Gasteiger partial charge >= 0.3 is 0 Å². The molecule has 0 aromatic carbocycles. The Morgan fingerprint density at radius 1 is 1.57 bits per heavy atom. The van der Waals surface area contributed by atoms with Gasteiger partial charge in [0, 0.05) is 6.42 Å². The molecule has 78 valence electrons. The first kappa shape index (κ1) is 9.76. The fourth-order valence-corrected chi connectivity index (χ4v) is 1.93. The van der Waals surface area contributed by atoms with Crippen LogP contribution in [0.4, 0.5) is 8.78 Å². The number of halogens is 3. The maximum absolute atomic E-state index is 13.3. The zero-order valence-corrected chi connectivity index (χ0v) is 8.08. The molecule has 4 nitrogen and oxygen atoms in total. The van der Waals surface area contributed by atoms with E-state index in [1.807, 2.05) is 0 Å². The minimum absolute atomic E-state index is 0.0551. The second kappa shape index (κ2) is 3.42. The lowest BCUT2D eigenvalue weighted by atomic mass is 10.2. The number of rotatable bonds is 2. The van der Waals surface area contributed by atoms with Gasteiger partial charge in [0.2, 0.25) is 0 Å². The lowest BCUT2D eigenvalue weighted by Crippen LogP contribution is -2.27. The van der Waals surface area contributed by atoms with Gasteiger partial charge in [-0.2, -0.15) is 0 Å². The van der Waals surface area contributed by atoms with Crippen LogP contribution in [0.1, 0.15) is 31.1 Å². The first-order chi connectivity index (χ1) is 6.65. The number of tetrazole rings is 1. The predicted octanol–water partition coefficient (Wildman–Crippen LogP) is 1.77. The summed E-state index contributed by atoms with van der Waals surface area (Å²) in [7, 11) is 0. The van der Waals surface area contributed by atoms with Gasteiger partial charge in [-0.15, -0.1) is 16.7 Å². The highest BCUT2D eigenvalue weighted by molar-refractivity contribution is 6.16. The third-order valence-electron chi connectivity index (χ3n) is 2.45. The van der Waals surface area contributed by atoms with Crippen LogP contribution in [0.3, 0.4) is 0 Å². The third-order valence-corrected chi connectivity index (χ3v) is 2.69. The summed E-state index contributed by atoms with van der Waals surface area (Å²) in [5.74, 6) is -2.35. The topological polar surface area (TPSA) is 43.6 Å². The van der Waals surface area contributed by atoms with Crippen molar-refractivity contribution >= 4 is 11.6 Å². The molecule has 1 saturated carbocycles. The van der Waals surface area contributed by atoms with E-state index < -0.39 is 12.0 Å². The smallest absolute Gasteiger partial charge is 0.219 e. The summed E-state index contributed by atoms with van der Waals surface area (Å²) in [6, 6.07) is -0.925. The number of hydrogen-bond acceptors (Lipinski definition) is 3. The third kappa shape index (κ3) is 1.47. The Hall–Kier alpha value is -0.780. The summed E-state index contributed by atoms with van der Waals surface area (Å²) in [5, 5.41) is 10.5. The standard InChI is InChI=1S/C7H9ClF2N4/c8-4-6-11-12-13-14(6)5-2-1-3-7(5,9)10/h5H,1-4H2. The zero-order valence-electron chi connectivity index (χ0n) is 7.33. The van der Waals surface area contributed by atoms with Gasteiger partial charge in [-0.25, -0.2) is 13.5 Å². The molecule has 0 bridgehead atoms. The quantitative estimate of drug-likeness (QED) is 0.717. The van der Waals surface area contributed by atoms with Crippen molar-refractivity contribution in [3.63, 3.8) is 0 Å². The van der Waals surface area contributed by atoms with Crippen molar-refractivity contribution in [2.75, 3.05) is 0 Å². The Bertz CT molecular complexity index is 327. The molecule has 2 rings (SSSR count). The van der Waals surface area contributed by atoms with Gasteiger partial charge in [0.05, 0.1) is 5.88 Å². The van der Waals surface area contributed by atoms with Gasteiger partial charge < -0.3 is 0 Å². The molecule has 1 aromatic rings. The SMILES string of the molecule is FC1(F)CCCC1n1nnnc1CCl. The van der Waals surface area contributed by atoms with Gasteiger partial charge in [0.1, 0.15) is 6.04 Å². The lowest BCUT2D eigenvalue weighted by Gasteiger charge is -2.19. The molecular weight excluding hydrogens is 214 g/mol. The Morgan fingerprint density at radius 3 is 2.93 bits per heavy atom. The molecule has 0 aliphatic heterocycles. The zero-order chi connectivity index (χ0) is 10.2. The largest absolute Gasteiger partial charge is 0.270 e. The number of hydrogen-bond donors (Lipinski definition) is 0. The lowest BCUT2D eigenvalue weighted by molar-refractivity contribution is -0.0356. The second-order valence-corrected chi connectivity index (χ2v) is 3.61. The molecule has 1 aromatic heterocycles. The van der Waals surface area contributed by atoms with Crippen molar-refractivity contribution in [3.05, 3.63) is 5.82 Å². The fraction of sp³-hybridized carbons (Fsp3) is 0.857. The second-order valence-electron chi connectivity index (χ2n) is 3.34. The average molecular weight is 223 g/mol. The number of aromatic nitrogens is 4. The highest BCUT2D eigenvalue weighted by Crippen LogP contribution is 2.43. The van der Waals surface area contributed by atoms with Gasteiger partial charge in [-0.05, 0) is 23.3 Å². The normalized spacial score (nSPS) is 25.5. The van der Waals surface area contributed by atoms with Crippen LogP contribution < -0.4 is 0 Å². The molecule has 1 aliphatic rings. The summed E-state index contributed by atoms with van der Waals surface area (Å²) in [4.78, 5) is 0. The Balaban J connectivity index is 2.30. The summed E-state index contributed by atoms with van der Waals surface area (Å²) in [5.41, 5.74) is 0. The maximum Gasteiger partial charge on any atom is 0.270 e. The molecule has 0 N–H and O–H groups in total. The molecule has 0 amide bonds. The summed E-state index contributed by atoms with van der Waals surface area (Å²) in [6.07, 6.45) is 0.806.